The third-order valence-electron chi connectivity index (χ3n) is 6.52. The SMILES string of the molecule is CCCCCCCCc1ccc(C=Cc2ccccc2-c2ccc(-c3ccccc3)cc2)cc1. The molecule has 4 aromatic carbocycles. The summed E-state index contributed by atoms with van der Waals surface area (Å²) in [7, 11) is 0. The van der Waals surface area contributed by atoms with Gasteiger partial charge in [-0.15, -0.1) is 0 Å². The van der Waals surface area contributed by atoms with Crippen molar-refractivity contribution in [2.24, 2.45) is 0 Å². The van der Waals surface area contributed by atoms with Gasteiger partial charge in [-0.3, -0.25) is 0 Å². The fourth-order valence-electron chi connectivity index (χ4n) is 4.47. The highest BCUT2D eigenvalue weighted by Crippen LogP contribution is 2.28. The van der Waals surface area contributed by atoms with E-state index in [2.05, 4.69) is 122 Å². The van der Waals surface area contributed by atoms with Crippen molar-refractivity contribution in [3.63, 3.8) is 0 Å². The van der Waals surface area contributed by atoms with E-state index in [1.165, 1.54) is 83.9 Å². The molecule has 4 rings (SSSR count). The molecule has 34 heavy (non-hydrogen) atoms. The highest BCUT2D eigenvalue weighted by atomic mass is 14.1. The Morgan fingerprint density at radius 2 is 1.12 bits per heavy atom. The molecule has 0 radical (unpaired) electrons. The quantitative estimate of drug-likeness (QED) is 0.159. The topological polar surface area (TPSA) is 0 Å². The van der Waals surface area contributed by atoms with Crippen LogP contribution in [-0.4, -0.2) is 0 Å². The smallest absolute Gasteiger partial charge is 0.0111 e. The lowest BCUT2D eigenvalue weighted by Gasteiger charge is -2.08. The van der Waals surface area contributed by atoms with Gasteiger partial charge < -0.3 is 0 Å². The van der Waals surface area contributed by atoms with Crippen molar-refractivity contribution in [2.45, 2.75) is 51.9 Å². The molecule has 0 heteroatoms. The number of unbranched alkanes of at least 4 members (excludes halogenated alkanes) is 5. The van der Waals surface area contributed by atoms with Crippen LogP contribution >= 0.6 is 0 Å². The molecule has 0 aliphatic rings. The molecule has 172 valence electrons. The number of benzene rings is 4. The van der Waals surface area contributed by atoms with Crippen LogP contribution in [0, 0.1) is 0 Å². The van der Waals surface area contributed by atoms with Crippen LogP contribution in [0.25, 0.3) is 34.4 Å². The lowest BCUT2D eigenvalue weighted by Crippen LogP contribution is -1.87. The molecule has 0 aliphatic heterocycles. The molecule has 0 nitrogen and oxygen atoms in total. The average Bonchev–Trinajstić information content (AvgIpc) is 2.91. The van der Waals surface area contributed by atoms with Gasteiger partial charge in [0.25, 0.3) is 0 Å². The Morgan fingerprint density at radius 3 is 1.88 bits per heavy atom. The van der Waals surface area contributed by atoms with E-state index in [9.17, 15) is 0 Å². The largest absolute Gasteiger partial charge is 0.0654 e. The Hall–Kier alpha value is -3.38. The van der Waals surface area contributed by atoms with E-state index in [0.717, 1.165) is 0 Å². The van der Waals surface area contributed by atoms with E-state index in [1.54, 1.807) is 0 Å². The maximum Gasteiger partial charge on any atom is -0.0111 e. The molecule has 0 heterocycles. The molecule has 0 unspecified atom stereocenters. The Bertz CT molecular complexity index is 1150. The Labute approximate surface area is 206 Å². The maximum atomic E-state index is 2.29. The Morgan fingerprint density at radius 1 is 0.500 bits per heavy atom. The van der Waals surface area contributed by atoms with Crippen molar-refractivity contribution < 1.29 is 0 Å². The first kappa shape index (κ1) is 23.8. The maximum absolute atomic E-state index is 2.29. The summed E-state index contributed by atoms with van der Waals surface area (Å²) in [4.78, 5) is 0. The molecular weight excluding hydrogens is 408 g/mol. The van der Waals surface area contributed by atoms with Crippen molar-refractivity contribution in [3.05, 3.63) is 120 Å². The second-order valence-corrected chi connectivity index (χ2v) is 9.12. The molecule has 0 saturated heterocycles. The molecule has 0 amide bonds. The minimum atomic E-state index is 1.19. The summed E-state index contributed by atoms with van der Waals surface area (Å²) in [5, 5.41) is 0. The fourth-order valence-corrected chi connectivity index (χ4v) is 4.47. The van der Waals surface area contributed by atoms with Crippen molar-refractivity contribution >= 4 is 12.2 Å². The molecule has 0 bridgehead atoms. The minimum absolute atomic E-state index is 1.19. The van der Waals surface area contributed by atoms with Gasteiger partial charge in [-0.2, -0.15) is 0 Å². The van der Waals surface area contributed by atoms with Crippen LogP contribution in [0.4, 0.5) is 0 Å². The first-order valence-electron chi connectivity index (χ1n) is 12.9. The summed E-state index contributed by atoms with van der Waals surface area (Å²) in [6.45, 7) is 2.28. The Balaban J connectivity index is 1.40. The molecule has 0 atom stereocenters. The highest BCUT2D eigenvalue weighted by molar-refractivity contribution is 5.81. The van der Waals surface area contributed by atoms with Gasteiger partial charge in [-0.1, -0.05) is 154 Å². The van der Waals surface area contributed by atoms with Gasteiger partial charge >= 0.3 is 0 Å². The van der Waals surface area contributed by atoms with Crippen molar-refractivity contribution in [1.82, 2.24) is 0 Å². The molecular formula is C34H36. The molecule has 0 aliphatic carbocycles. The zero-order valence-corrected chi connectivity index (χ0v) is 20.4. The van der Waals surface area contributed by atoms with Crippen LogP contribution in [-0.2, 0) is 6.42 Å². The summed E-state index contributed by atoms with van der Waals surface area (Å²) >= 11 is 0. The summed E-state index contributed by atoms with van der Waals surface area (Å²) < 4.78 is 0. The summed E-state index contributed by atoms with van der Waals surface area (Å²) in [5.74, 6) is 0. The normalized spacial score (nSPS) is 11.2. The number of hydrogen-bond acceptors (Lipinski definition) is 0. The van der Waals surface area contributed by atoms with Crippen LogP contribution in [0.5, 0.6) is 0 Å². The second kappa shape index (κ2) is 12.8. The molecule has 0 spiro atoms. The zero-order valence-electron chi connectivity index (χ0n) is 20.4. The molecule has 4 aromatic rings. The van der Waals surface area contributed by atoms with E-state index >= 15 is 0 Å². The van der Waals surface area contributed by atoms with Gasteiger partial charge in [0.05, 0.1) is 0 Å². The van der Waals surface area contributed by atoms with Crippen LogP contribution in [0.1, 0.15) is 62.1 Å². The van der Waals surface area contributed by atoms with Crippen LogP contribution in [0.3, 0.4) is 0 Å². The van der Waals surface area contributed by atoms with Gasteiger partial charge in [0.15, 0.2) is 0 Å². The third-order valence-corrected chi connectivity index (χ3v) is 6.52. The highest BCUT2D eigenvalue weighted by Gasteiger charge is 2.04. The molecule has 0 fully saturated rings. The van der Waals surface area contributed by atoms with E-state index < -0.39 is 0 Å². The van der Waals surface area contributed by atoms with E-state index in [4.69, 9.17) is 0 Å². The number of aryl methyl sites for hydroxylation is 1. The van der Waals surface area contributed by atoms with Crippen molar-refractivity contribution in [1.29, 1.82) is 0 Å². The molecule has 0 aromatic heterocycles. The van der Waals surface area contributed by atoms with E-state index in [-0.39, 0.29) is 0 Å². The number of rotatable bonds is 11. The van der Waals surface area contributed by atoms with E-state index in [1.807, 2.05) is 0 Å². The molecule has 0 N–H and O–H groups in total. The van der Waals surface area contributed by atoms with Gasteiger partial charge in [0, 0.05) is 0 Å². The fraction of sp³-hybridized carbons (Fsp3) is 0.235. The van der Waals surface area contributed by atoms with Gasteiger partial charge in [0.1, 0.15) is 0 Å². The van der Waals surface area contributed by atoms with Crippen molar-refractivity contribution in [2.75, 3.05) is 0 Å². The lowest BCUT2D eigenvalue weighted by atomic mass is 9.96. The summed E-state index contributed by atoms with van der Waals surface area (Å²) in [5.41, 5.74) is 8.95. The number of hydrogen-bond donors (Lipinski definition) is 0. The van der Waals surface area contributed by atoms with Gasteiger partial charge in [-0.05, 0) is 51.8 Å². The van der Waals surface area contributed by atoms with Gasteiger partial charge in [0.2, 0.25) is 0 Å². The van der Waals surface area contributed by atoms with Crippen LogP contribution in [0.15, 0.2) is 103 Å². The first-order valence-corrected chi connectivity index (χ1v) is 12.9. The average molecular weight is 445 g/mol. The molecule has 0 saturated carbocycles. The van der Waals surface area contributed by atoms with E-state index in [0.29, 0.717) is 0 Å². The lowest BCUT2D eigenvalue weighted by molar-refractivity contribution is 0.607. The predicted octanol–water partition coefficient (Wildman–Crippen LogP) is 10.1. The monoisotopic (exact) mass is 444 g/mol. The third kappa shape index (κ3) is 6.81. The first-order chi connectivity index (χ1) is 16.8. The van der Waals surface area contributed by atoms with Crippen LogP contribution in [0.2, 0.25) is 0 Å². The standard InChI is InChI=1S/C34H36/c1-2-3-4-5-6-8-13-28-18-20-29(21-19-28)22-23-32-16-11-12-17-34(32)33-26-24-31(25-27-33)30-14-9-7-10-15-30/h7,9-12,14-27H,2-6,8,13H2,1H3. The summed E-state index contributed by atoms with van der Waals surface area (Å²) in [6, 6.07) is 37.2. The van der Waals surface area contributed by atoms with Gasteiger partial charge in [-0.25, -0.2) is 0 Å². The second-order valence-electron chi connectivity index (χ2n) is 9.12. The summed E-state index contributed by atoms with van der Waals surface area (Å²) in [6.07, 6.45) is 13.8. The predicted molar refractivity (Wildman–Crippen MR) is 150 cm³/mol. The van der Waals surface area contributed by atoms with Crippen LogP contribution < -0.4 is 0 Å². The van der Waals surface area contributed by atoms with Crippen molar-refractivity contribution in [3.8, 4) is 22.3 Å². The minimum Gasteiger partial charge on any atom is -0.0654 e. The Kier molecular flexibility index (Phi) is 8.91. The zero-order chi connectivity index (χ0) is 23.4.